The van der Waals surface area contributed by atoms with Crippen molar-refractivity contribution in [1.29, 1.82) is 0 Å². The van der Waals surface area contributed by atoms with E-state index in [0.717, 1.165) is 62.9 Å². The smallest absolute Gasteiger partial charge is 0.267 e. The van der Waals surface area contributed by atoms with Gasteiger partial charge in [-0.2, -0.15) is 0 Å². The maximum Gasteiger partial charge on any atom is 0.267 e. The minimum absolute atomic E-state index is 0.529. The van der Waals surface area contributed by atoms with E-state index in [1.807, 2.05) is 24.4 Å². The van der Waals surface area contributed by atoms with Crippen LogP contribution in [0.3, 0.4) is 0 Å². The third kappa shape index (κ3) is 4.98. The van der Waals surface area contributed by atoms with Crippen molar-refractivity contribution < 1.29 is 10.0 Å². The number of hydroxylamine groups is 1. The molecule has 7 nitrogen and oxygen atoms in total. The molecule has 0 unspecified atom stereocenters. The molecule has 7 heteroatoms. The Morgan fingerprint density at radius 3 is 2.47 bits per heavy atom. The maximum absolute atomic E-state index is 11.3. The summed E-state index contributed by atoms with van der Waals surface area (Å²) in [5, 5.41) is 8.68. The van der Waals surface area contributed by atoms with Gasteiger partial charge in [0.15, 0.2) is 0 Å². The number of amides is 1. The molecule has 0 bridgehead atoms. The van der Waals surface area contributed by atoms with Crippen LogP contribution in [0.4, 0.5) is 11.5 Å². The van der Waals surface area contributed by atoms with Crippen LogP contribution in [0.5, 0.6) is 0 Å². The SMILES string of the molecule is O=C(C=Cc1ccccc1N1CCN(Cc2ccc(N3CCCC3)nc2)CC1)NO. The fourth-order valence-corrected chi connectivity index (χ4v) is 4.17. The summed E-state index contributed by atoms with van der Waals surface area (Å²) in [6.45, 7) is 6.96. The average molecular weight is 408 g/mol. The first-order chi connectivity index (χ1) is 14.7. The number of aromatic nitrogens is 1. The standard InChI is InChI=1S/C23H29N5O2/c29-23(25-30)10-8-20-5-1-2-6-21(20)27-15-13-26(14-16-27)18-19-7-9-22(24-17-19)28-11-3-4-12-28/h1-2,5-10,17,30H,3-4,11-16,18H2,(H,25,29). The van der Waals surface area contributed by atoms with Crippen LogP contribution in [0, 0.1) is 0 Å². The highest BCUT2D eigenvalue weighted by Gasteiger charge is 2.19. The van der Waals surface area contributed by atoms with Gasteiger partial charge in [0.1, 0.15) is 5.82 Å². The van der Waals surface area contributed by atoms with Gasteiger partial charge in [0, 0.05) is 63.8 Å². The summed E-state index contributed by atoms with van der Waals surface area (Å²) < 4.78 is 0. The Morgan fingerprint density at radius 2 is 1.77 bits per heavy atom. The van der Waals surface area contributed by atoms with Crippen LogP contribution in [0.2, 0.25) is 0 Å². The van der Waals surface area contributed by atoms with Gasteiger partial charge >= 0.3 is 0 Å². The van der Waals surface area contributed by atoms with Gasteiger partial charge in [0.05, 0.1) is 0 Å². The minimum Gasteiger partial charge on any atom is -0.368 e. The fourth-order valence-electron chi connectivity index (χ4n) is 4.17. The fraction of sp³-hybridized carbons (Fsp3) is 0.391. The van der Waals surface area contributed by atoms with Crippen LogP contribution in [-0.4, -0.2) is 60.3 Å². The molecule has 0 atom stereocenters. The molecular formula is C23H29N5O2. The van der Waals surface area contributed by atoms with Crippen molar-refractivity contribution in [2.45, 2.75) is 19.4 Å². The molecule has 2 aromatic rings. The van der Waals surface area contributed by atoms with Gasteiger partial charge in [0.2, 0.25) is 0 Å². The number of rotatable bonds is 6. The number of para-hydroxylation sites is 1. The van der Waals surface area contributed by atoms with Gasteiger partial charge < -0.3 is 9.80 Å². The number of nitrogens with one attached hydrogen (secondary N) is 1. The van der Waals surface area contributed by atoms with Crippen molar-refractivity contribution >= 4 is 23.5 Å². The highest BCUT2D eigenvalue weighted by atomic mass is 16.5. The molecule has 0 saturated carbocycles. The van der Waals surface area contributed by atoms with Crippen LogP contribution >= 0.6 is 0 Å². The zero-order valence-corrected chi connectivity index (χ0v) is 17.2. The quantitative estimate of drug-likeness (QED) is 0.436. The summed E-state index contributed by atoms with van der Waals surface area (Å²) in [6, 6.07) is 12.4. The molecule has 1 aromatic heterocycles. The number of benzene rings is 1. The van der Waals surface area contributed by atoms with E-state index in [-0.39, 0.29) is 0 Å². The lowest BCUT2D eigenvalue weighted by Crippen LogP contribution is -2.46. The second-order valence-electron chi connectivity index (χ2n) is 7.85. The summed E-state index contributed by atoms with van der Waals surface area (Å²) in [5.74, 6) is 0.569. The normalized spacial score (nSPS) is 17.6. The van der Waals surface area contributed by atoms with Crippen molar-refractivity contribution in [2.24, 2.45) is 0 Å². The number of piperazine rings is 1. The largest absolute Gasteiger partial charge is 0.368 e. The monoisotopic (exact) mass is 407 g/mol. The second kappa shape index (κ2) is 9.73. The summed E-state index contributed by atoms with van der Waals surface area (Å²) in [5.41, 5.74) is 4.96. The third-order valence-corrected chi connectivity index (χ3v) is 5.82. The predicted octanol–water partition coefficient (Wildman–Crippen LogP) is 2.52. The van der Waals surface area contributed by atoms with Crippen LogP contribution < -0.4 is 15.3 Å². The van der Waals surface area contributed by atoms with Crippen LogP contribution in [0.1, 0.15) is 24.0 Å². The molecule has 2 saturated heterocycles. The van der Waals surface area contributed by atoms with Gasteiger partial charge in [-0.05, 0) is 42.2 Å². The highest BCUT2D eigenvalue weighted by Crippen LogP contribution is 2.24. The Balaban J connectivity index is 1.33. The van der Waals surface area contributed by atoms with E-state index in [4.69, 9.17) is 5.21 Å². The van der Waals surface area contributed by atoms with Gasteiger partial charge in [0.25, 0.3) is 5.91 Å². The zero-order valence-electron chi connectivity index (χ0n) is 17.2. The van der Waals surface area contributed by atoms with Gasteiger partial charge in [-0.3, -0.25) is 14.9 Å². The van der Waals surface area contributed by atoms with Crippen molar-refractivity contribution in [2.75, 3.05) is 49.1 Å². The van der Waals surface area contributed by atoms with E-state index in [1.54, 1.807) is 11.6 Å². The number of pyridine rings is 1. The Labute approximate surface area is 177 Å². The Kier molecular flexibility index (Phi) is 6.61. The molecule has 1 aromatic carbocycles. The number of hydrogen-bond acceptors (Lipinski definition) is 6. The third-order valence-electron chi connectivity index (χ3n) is 5.82. The van der Waals surface area contributed by atoms with E-state index >= 15 is 0 Å². The Hall–Kier alpha value is -2.90. The van der Waals surface area contributed by atoms with E-state index in [1.165, 1.54) is 24.5 Å². The van der Waals surface area contributed by atoms with E-state index in [0.29, 0.717) is 0 Å². The summed E-state index contributed by atoms with van der Waals surface area (Å²) >= 11 is 0. The Bertz CT molecular complexity index is 869. The first-order valence-electron chi connectivity index (χ1n) is 10.6. The first kappa shape index (κ1) is 20.4. The number of carbonyl (C=O) groups is 1. The molecule has 3 heterocycles. The number of nitrogens with zero attached hydrogens (tertiary/aromatic N) is 4. The van der Waals surface area contributed by atoms with Gasteiger partial charge in [-0.15, -0.1) is 0 Å². The van der Waals surface area contributed by atoms with Crippen LogP contribution in [-0.2, 0) is 11.3 Å². The molecule has 0 spiro atoms. The molecule has 1 amide bonds. The Morgan fingerprint density at radius 1 is 1.00 bits per heavy atom. The molecule has 4 rings (SSSR count). The van der Waals surface area contributed by atoms with Crippen LogP contribution in [0.25, 0.3) is 6.08 Å². The van der Waals surface area contributed by atoms with E-state index < -0.39 is 5.91 Å². The number of carbonyl (C=O) groups excluding carboxylic acids is 1. The molecule has 2 N–H and O–H groups in total. The van der Waals surface area contributed by atoms with Crippen molar-refractivity contribution in [3.05, 3.63) is 59.8 Å². The molecular weight excluding hydrogens is 378 g/mol. The highest BCUT2D eigenvalue weighted by molar-refractivity contribution is 5.91. The van der Waals surface area contributed by atoms with E-state index in [9.17, 15) is 4.79 Å². The van der Waals surface area contributed by atoms with Crippen molar-refractivity contribution in [3.63, 3.8) is 0 Å². The zero-order chi connectivity index (χ0) is 20.8. The lowest BCUT2D eigenvalue weighted by Gasteiger charge is -2.36. The molecule has 30 heavy (non-hydrogen) atoms. The van der Waals surface area contributed by atoms with Crippen molar-refractivity contribution in [1.82, 2.24) is 15.4 Å². The number of hydrogen-bond donors (Lipinski definition) is 2. The molecule has 2 aliphatic heterocycles. The molecule has 2 fully saturated rings. The molecule has 2 aliphatic rings. The lowest BCUT2D eigenvalue weighted by molar-refractivity contribution is -0.124. The topological polar surface area (TPSA) is 71.9 Å². The molecule has 158 valence electrons. The maximum atomic E-state index is 11.3. The minimum atomic E-state index is -0.529. The average Bonchev–Trinajstić information content (AvgIpc) is 3.34. The first-order valence-corrected chi connectivity index (χ1v) is 10.6. The summed E-state index contributed by atoms with van der Waals surface area (Å²) in [7, 11) is 0. The summed E-state index contributed by atoms with van der Waals surface area (Å²) in [4.78, 5) is 23.1. The predicted molar refractivity (Wildman–Crippen MR) is 119 cm³/mol. The van der Waals surface area contributed by atoms with Crippen LogP contribution in [0.15, 0.2) is 48.7 Å². The second-order valence-corrected chi connectivity index (χ2v) is 7.85. The molecule has 0 radical (unpaired) electrons. The molecule has 0 aliphatic carbocycles. The van der Waals surface area contributed by atoms with E-state index in [2.05, 4.69) is 37.9 Å². The lowest BCUT2D eigenvalue weighted by atomic mass is 10.1. The number of anilines is 2. The van der Waals surface area contributed by atoms with Gasteiger partial charge in [-0.1, -0.05) is 24.3 Å². The summed E-state index contributed by atoms with van der Waals surface area (Å²) in [6.07, 6.45) is 7.63. The van der Waals surface area contributed by atoms with Crippen molar-refractivity contribution in [3.8, 4) is 0 Å². The van der Waals surface area contributed by atoms with Gasteiger partial charge in [-0.25, -0.2) is 10.5 Å².